The Balaban J connectivity index is 2.57. The standard InChI is InChI=1S/C11H7ClN2OS/c12-5-8-13-9-6-3-1-2-4-7(6)16-11(15)10(9)14-8/h1-4H,5H2,(H,13,14). The van der Waals surface area contributed by atoms with Crippen LogP contribution in [-0.4, -0.2) is 9.97 Å². The van der Waals surface area contributed by atoms with E-state index in [4.69, 9.17) is 11.6 Å². The molecule has 16 heavy (non-hydrogen) atoms. The fourth-order valence-electron chi connectivity index (χ4n) is 1.73. The maximum Gasteiger partial charge on any atom is 0.258 e. The second-order valence-corrected chi connectivity index (χ2v) is 4.71. The van der Waals surface area contributed by atoms with Crippen molar-refractivity contribution in [3.63, 3.8) is 0 Å². The van der Waals surface area contributed by atoms with Crippen LogP contribution in [0.15, 0.2) is 29.1 Å². The number of H-pyrrole nitrogens is 1. The Bertz CT molecular complexity index is 732. The van der Waals surface area contributed by atoms with Crippen LogP contribution in [0.2, 0.25) is 0 Å². The van der Waals surface area contributed by atoms with Crippen LogP contribution in [0.1, 0.15) is 5.82 Å². The summed E-state index contributed by atoms with van der Waals surface area (Å²) in [5, 5.41) is 0.995. The molecule has 1 N–H and O–H groups in total. The monoisotopic (exact) mass is 250 g/mol. The van der Waals surface area contributed by atoms with Gasteiger partial charge in [0.05, 0.1) is 5.88 Å². The highest BCUT2D eigenvalue weighted by molar-refractivity contribution is 7.16. The van der Waals surface area contributed by atoms with Crippen LogP contribution in [0.4, 0.5) is 0 Å². The first-order valence-corrected chi connectivity index (χ1v) is 6.11. The van der Waals surface area contributed by atoms with E-state index in [1.165, 1.54) is 11.3 Å². The molecule has 1 aromatic carbocycles. The summed E-state index contributed by atoms with van der Waals surface area (Å²) < 4.78 is 0.949. The van der Waals surface area contributed by atoms with E-state index in [1.807, 2.05) is 24.3 Å². The van der Waals surface area contributed by atoms with Gasteiger partial charge in [-0.3, -0.25) is 4.79 Å². The van der Waals surface area contributed by atoms with Crippen molar-refractivity contribution in [2.24, 2.45) is 0 Å². The van der Waals surface area contributed by atoms with Crippen molar-refractivity contribution >= 4 is 44.1 Å². The Morgan fingerprint density at radius 3 is 3.00 bits per heavy atom. The lowest BCUT2D eigenvalue weighted by molar-refractivity contribution is 1.13. The normalized spacial score (nSPS) is 11.3. The second kappa shape index (κ2) is 3.57. The van der Waals surface area contributed by atoms with Gasteiger partial charge in [0.2, 0.25) is 0 Å². The van der Waals surface area contributed by atoms with E-state index in [0.29, 0.717) is 11.3 Å². The molecule has 2 aromatic heterocycles. The van der Waals surface area contributed by atoms with Gasteiger partial charge in [0.1, 0.15) is 16.9 Å². The third kappa shape index (κ3) is 1.34. The minimum atomic E-state index is -0.00225. The van der Waals surface area contributed by atoms with Gasteiger partial charge in [-0.15, -0.1) is 11.6 Å². The summed E-state index contributed by atoms with van der Waals surface area (Å²) in [5.41, 5.74) is 1.27. The Hall–Kier alpha value is -1.39. The van der Waals surface area contributed by atoms with Gasteiger partial charge >= 0.3 is 0 Å². The van der Waals surface area contributed by atoms with Gasteiger partial charge < -0.3 is 4.98 Å². The molecule has 0 fully saturated rings. The number of hydrogen-bond acceptors (Lipinski definition) is 3. The Morgan fingerprint density at radius 1 is 1.38 bits per heavy atom. The molecule has 3 aromatic rings. The number of halogens is 1. The molecule has 0 amide bonds. The summed E-state index contributed by atoms with van der Waals surface area (Å²) in [5.74, 6) is 0.921. The molecule has 0 aliphatic heterocycles. The molecule has 0 radical (unpaired) electrons. The summed E-state index contributed by atoms with van der Waals surface area (Å²) in [6.07, 6.45) is 0. The maximum atomic E-state index is 11.8. The number of aromatic amines is 1. The molecule has 5 heteroatoms. The van der Waals surface area contributed by atoms with E-state index < -0.39 is 0 Å². The molecule has 3 rings (SSSR count). The Morgan fingerprint density at radius 2 is 2.19 bits per heavy atom. The Kier molecular flexibility index (Phi) is 2.19. The molecule has 0 bridgehead atoms. The van der Waals surface area contributed by atoms with Crippen molar-refractivity contribution < 1.29 is 0 Å². The predicted molar refractivity (Wildman–Crippen MR) is 67.3 cm³/mol. The van der Waals surface area contributed by atoms with Crippen LogP contribution >= 0.6 is 22.9 Å². The zero-order valence-electron chi connectivity index (χ0n) is 8.16. The third-order valence-corrected chi connectivity index (χ3v) is 3.65. The average molecular weight is 251 g/mol. The van der Waals surface area contributed by atoms with Crippen LogP contribution in [0.5, 0.6) is 0 Å². The van der Waals surface area contributed by atoms with Crippen molar-refractivity contribution in [3.05, 3.63) is 39.6 Å². The summed E-state index contributed by atoms with van der Waals surface area (Å²) in [4.78, 5) is 19.1. The Labute approximate surface area is 99.7 Å². The van der Waals surface area contributed by atoms with Crippen LogP contribution in [0.3, 0.4) is 0 Å². The van der Waals surface area contributed by atoms with Crippen LogP contribution in [-0.2, 0) is 5.88 Å². The topological polar surface area (TPSA) is 45.8 Å². The summed E-state index contributed by atoms with van der Waals surface area (Å²) in [7, 11) is 0. The van der Waals surface area contributed by atoms with Crippen molar-refractivity contribution in [1.29, 1.82) is 0 Å². The van der Waals surface area contributed by atoms with Crippen molar-refractivity contribution in [1.82, 2.24) is 9.97 Å². The lowest BCUT2D eigenvalue weighted by Gasteiger charge is -1.95. The van der Waals surface area contributed by atoms with Gasteiger partial charge in [-0.25, -0.2) is 4.98 Å². The lowest BCUT2D eigenvalue weighted by atomic mass is 10.2. The van der Waals surface area contributed by atoms with Crippen LogP contribution < -0.4 is 4.74 Å². The first kappa shape index (κ1) is 9.81. The molecule has 0 saturated heterocycles. The number of imidazole rings is 1. The van der Waals surface area contributed by atoms with Gasteiger partial charge in [-0.05, 0) is 6.07 Å². The molecule has 0 spiro atoms. The fraction of sp³-hybridized carbons (Fsp3) is 0.0909. The van der Waals surface area contributed by atoms with E-state index in [0.717, 1.165) is 15.6 Å². The van der Waals surface area contributed by atoms with Gasteiger partial charge in [0, 0.05) is 10.1 Å². The number of fused-ring (bicyclic) bond motifs is 3. The molecule has 0 unspecified atom stereocenters. The number of alkyl halides is 1. The zero-order chi connectivity index (χ0) is 11.1. The number of hydrogen-bond donors (Lipinski definition) is 1. The third-order valence-electron chi connectivity index (χ3n) is 2.43. The van der Waals surface area contributed by atoms with E-state index in [2.05, 4.69) is 9.97 Å². The fourth-order valence-corrected chi connectivity index (χ4v) is 2.73. The molecule has 0 aliphatic rings. The number of nitrogens with one attached hydrogen (secondary N) is 1. The number of nitrogens with zero attached hydrogens (tertiary/aromatic N) is 1. The zero-order valence-corrected chi connectivity index (χ0v) is 9.73. The molecular weight excluding hydrogens is 244 g/mol. The smallest absolute Gasteiger partial charge is 0.258 e. The largest absolute Gasteiger partial charge is 0.337 e. The SMILES string of the molecule is O=c1sc2ccccc2c2nc(CCl)[nH]c12. The average Bonchev–Trinajstić information content (AvgIpc) is 2.74. The highest BCUT2D eigenvalue weighted by atomic mass is 35.5. The van der Waals surface area contributed by atoms with E-state index in [1.54, 1.807) is 0 Å². The first-order valence-electron chi connectivity index (χ1n) is 4.76. The molecule has 0 atom stereocenters. The minimum absolute atomic E-state index is 0.00225. The molecule has 3 nitrogen and oxygen atoms in total. The second-order valence-electron chi connectivity index (χ2n) is 3.43. The lowest BCUT2D eigenvalue weighted by Crippen LogP contribution is -1.95. The molecule has 80 valence electrons. The van der Waals surface area contributed by atoms with Crippen LogP contribution in [0, 0.1) is 0 Å². The van der Waals surface area contributed by atoms with E-state index in [-0.39, 0.29) is 10.6 Å². The predicted octanol–water partition coefficient (Wildman–Crippen LogP) is 2.88. The quantitative estimate of drug-likeness (QED) is 0.675. The molecule has 0 aliphatic carbocycles. The van der Waals surface area contributed by atoms with Crippen molar-refractivity contribution in [2.45, 2.75) is 5.88 Å². The molecule has 2 heterocycles. The van der Waals surface area contributed by atoms with Crippen molar-refractivity contribution in [3.8, 4) is 0 Å². The number of rotatable bonds is 1. The van der Waals surface area contributed by atoms with E-state index >= 15 is 0 Å². The van der Waals surface area contributed by atoms with Gasteiger partial charge in [-0.2, -0.15) is 0 Å². The summed E-state index contributed by atoms with van der Waals surface area (Å²) >= 11 is 6.93. The summed E-state index contributed by atoms with van der Waals surface area (Å²) in [6, 6.07) is 7.75. The molecular formula is C11H7ClN2OS. The van der Waals surface area contributed by atoms with Gasteiger partial charge in [-0.1, -0.05) is 29.5 Å². The minimum Gasteiger partial charge on any atom is -0.337 e. The summed E-state index contributed by atoms with van der Waals surface area (Å²) in [6.45, 7) is 0. The number of benzene rings is 1. The first-order chi connectivity index (χ1) is 7.79. The highest BCUT2D eigenvalue weighted by Crippen LogP contribution is 2.23. The maximum absolute atomic E-state index is 11.8. The highest BCUT2D eigenvalue weighted by Gasteiger charge is 2.09. The van der Waals surface area contributed by atoms with Crippen molar-refractivity contribution in [2.75, 3.05) is 0 Å². The number of aromatic nitrogens is 2. The molecule has 0 saturated carbocycles. The van der Waals surface area contributed by atoms with Gasteiger partial charge in [0.15, 0.2) is 0 Å². The van der Waals surface area contributed by atoms with E-state index in [9.17, 15) is 4.79 Å². The van der Waals surface area contributed by atoms with Crippen LogP contribution in [0.25, 0.3) is 21.1 Å². The van der Waals surface area contributed by atoms with Gasteiger partial charge in [0.25, 0.3) is 4.74 Å².